The summed E-state index contributed by atoms with van der Waals surface area (Å²) in [5.74, 6) is 0.872. The molecule has 0 unspecified atom stereocenters. The Morgan fingerprint density at radius 3 is 2.87 bits per heavy atom. The number of rotatable bonds is 9. The maximum Gasteiger partial charge on any atom is 0.220 e. The second kappa shape index (κ2) is 9.27. The Morgan fingerprint density at radius 2 is 2.09 bits per heavy atom. The molecule has 2 aromatic rings. The highest BCUT2D eigenvalue weighted by atomic mass is 32.1. The number of aryl methyl sites for hydroxylation is 1. The van der Waals surface area contributed by atoms with Gasteiger partial charge < -0.3 is 14.8 Å². The first-order chi connectivity index (χ1) is 11.2. The first kappa shape index (κ1) is 17.4. The van der Waals surface area contributed by atoms with Crippen LogP contribution in [-0.2, 0) is 29.0 Å². The van der Waals surface area contributed by atoms with Gasteiger partial charge in [-0.15, -0.1) is 11.3 Å². The lowest BCUT2D eigenvalue weighted by Gasteiger charge is -2.08. The third kappa shape index (κ3) is 5.65. The Kier molecular flexibility index (Phi) is 7.03. The molecular formula is C17H22N2O3S. The van der Waals surface area contributed by atoms with E-state index in [1.54, 1.807) is 25.6 Å². The fraction of sp³-hybridized carbons (Fsp3) is 0.412. The predicted molar refractivity (Wildman–Crippen MR) is 90.9 cm³/mol. The lowest BCUT2D eigenvalue weighted by molar-refractivity contribution is -0.121. The molecule has 0 aliphatic heterocycles. The molecule has 0 spiro atoms. The summed E-state index contributed by atoms with van der Waals surface area (Å²) in [5.41, 5.74) is 2.04. The van der Waals surface area contributed by atoms with Crippen molar-refractivity contribution in [2.75, 3.05) is 20.8 Å². The summed E-state index contributed by atoms with van der Waals surface area (Å²) >= 11 is 1.58. The minimum Gasteiger partial charge on any atom is -0.496 e. The number of ether oxygens (including phenoxy) is 2. The third-order valence-corrected chi connectivity index (χ3v) is 4.26. The van der Waals surface area contributed by atoms with Crippen molar-refractivity contribution in [3.05, 3.63) is 45.9 Å². The number of amides is 1. The van der Waals surface area contributed by atoms with Gasteiger partial charge in [-0.2, -0.15) is 0 Å². The summed E-state index contributed by atoms with van der Waals surface area (Å²) in [6, 6.07) is 7.77. The van der Waals surface area contributed by atoms with Crippen LogP contribution >= 0.6 is 11.3 Å². The van der Waals surface area contributed by atoms with Crippen LogP contribution < -0.4 is 10.1 Å². The Morgan fingerprint density at radius 1 is 1.26 bits per heavy atom. The van der Waals surface area contributed by atoms with E-state index in [0.717, 1.165) is 28.4 Å². The first-order valence-electron chi connectivity index (χ1n) is 7.53. The minimum atomic E-state index is 0.0447. The number of carbonyl (C=O) groups excluding carboxylic acids is 1. The monoisotopic (exact) mass is 334 g/mol. The molecule has 2 rings (SSSR count). The number of benzene rings is 1. The summed E-state index contributed by atoms with van der Waals surface area (Å²) in [4.78, 5) is 16.4. The molecule has 0 bridgehead atoms. The third-order valence-electron chi connectivity index (χ3n) is 3.38. The van der Waals surface area contributed by atoms with Crippen molar-refractivity contribution in [1.29, 1.82) is 0 Å². The molecule has 0 radical (unpaired) electrons. The lowest BCUT2D eigenvalue weighted by atomic mass is 10.1. The van der Waals surface area contributed by atoms with Crippen LogP contribution in [-0.4, -0.2) is 31.7 Å². The van der Waals surface area contributed by atoms with Gasteiger partial charge in [-0.25, -0.2) is 4.98 Å². The highest BCUT2D eigenvalue weighted by Gasteiger charge is 2.07. The number of methoxy groups -OCH3 is 2. The summed E-state index contributed by atoms with van der Waals surface area (Å²) in [5, 5.41) is 5.91. The normalized spacial score (nSPS) is 10.5. The molecular weight excluding hydrogens is 312 g/mol. The molecule has 1 aromatic heterocycles. The van der Waals surface area contributed by atoms with E-state index >= 15 is 0 Å². The van der Waals surface area contributed by atoms with Crippen molar-refractivity contribution in [1.82, 2.24) is 10.3 Å². The van der Waals surface area contributed by atoms with E-state index in [-0.39, 0.29) is 5.91 Å². The summed E-state index contributed by atoms with van der Waals surface area (Å²) in [6.07, 6.45) is 1.86. The Hall–Kier alpha value is -1.92. The zero-order chi connectivity index (χ0) is 16.5. The van der Waals surface area contributed by atoms with E-state index < -0.39 is 0 Å². The molecule has 124 valence electrons. The van der Waals surface area contributed by atoms with Gasteiger partial charge in [0.15, 0.2) is 0 Å². The second-order valence-electron chi connectivity index (χ2n) is 5.08. The molecule has 0 saturated carbocycles. The summed E-state index contributed by atoms with van der Waals surface area (Å²) in [7, 11) is 3.30. The molecule has 0 aliphatic rings. The Bertz CT molecular complexity index is 628. The molecule has 0 atom stereocenters. The molecule has 6 heteroatoms. The van der Waals surface area contributed by atoms with E-state index in [9.17, 15) is 4.79 Å². The molecule has 0 fully saturated rings. The van der Waals surface area contributed by atoms with E-state index in [0.29, 0.717) is 26.0 Å². The van der Waals surface area contributed by atoms with E-state index in [1.165, 1.54) is 0 Å². The molecule has 1 heterocycles. The standard InChI is InChI=1S/C17H22N2O3S/c1-21-11-17-19-14(12-23-17)9-10-18-16(20)8-7-13-5-3-4-6-15(13)22-2/h3-6,12H,7-11H2,1-2H3,(H,18,20). The molecule has 0 saturated heterocycles. The van der Waals surface area contributed by atoms with Crippen LogP contribution in [0.4, 0.5) is 0 Å². The number of hydrogen-bond acceptors (Lipinski definition) is 5. The Balaban J connectivity index is 1.70. The molecule has 23 heavy (non-hydrogen) atoms. The van der Waals surface area contributed by atoms with Crippen LogP contribution in [0.25, 0.3) is 0 Å². The van der Waals surface area contributed by atoms with Gasteiger partial charge >= 0.3 is 0 Å². The summed E-state index contributed by atoms with van der Waals surface area (Å²) in [6.45, 7) is 1.14. The van der Waals surface area contributed by atoms with Crippen LogP contribution in [0.15, 0.2) is 29.6 Å². The molecule has 5 nitrogen and oxygen atoms in total. The van der Waals surface area contributed by atoms with E-state index in [1.807, 2.05) is 29.6 Å². The smallest absolute Gasteiger partial charge is 0.220 e. The van der Waals surface area contributed by atoms with E-state index in [4.69, 9.17) is 9.47 Å². The van der Waals surface area contributed by atoms with Crippen LogP contribution in [0.1, 0.15) is 22.7 Å². The zero-order valence-corrected chi connectivity index (χ0v) is 14.3. The topological polar surface area (TPSA) is 60.5 Å². The Labute approximate surface area is 140 Å². The van der Waals surface area contributed by atoms with Gasteiger partial charge in [0.05, 0.1) is 19.4 Å². The second-order valence-corrected chi connectivity index (χ2v) is 6.02. The zero-order valence-electron chi connectivity index (χ0n) is 13.5. The fourth-order valence-electron chi connectivity index (χ4n) is 2.23. The van der Waals surface area contributed by atoms with Crippen LogP contribution in [0, 0.1) is 0 Å². The fourth-order valence-corrected chi connectivity index (χ4v) is 3.03. The average Bonchev–Trinajstić information content (AvgIpc) is 3.01. The van der Waals surface area contributed by atoms with Crippen LogP contribution in [0.5, 0.6) is 5.75 Å². The maximum absolute atomic E-state index is 11.9. The van der Waals surface area contributed by atoms with Crippen molar-refractivity contribution in [2.24, 2.45) is 0 Å². The predicted octanol–water partition coefficient (Wildman–Crippen LogP) is 2.59. The van der Waals surface area contributed by atoms with Crippen LogP contribution in [0.3, 0.4) is 0 Å². The number of nitrogens with one attached hydrogen (secondary N) is 1. The van der Waals surface area contributed by atoms with Crippen molar-refractivity contribution in [2.45, 2.75) is 25.9 Å². The lowest BCUT2D eigenvalue weighted by Crippen LogP contribution is -2.26. The van der Waals surface area contributed by atoms with Gasteiger partial charge in [0, 0.05) is 31.9 Å². The molecule has 1 amide bonds. The molecule has 0 aliphatic carbocycles. The highest BCUT2D eigenvalue weighted by Crippen LogP contribution is 2.18. The van der Waals surface area contributed by atoms with Gasteiger partial charge in [0.1, 0.15) is 10.8 Å². The number of para-hydroxylation sites is 1. The largest absolute Gasteiger partial charge is 0.496 e. The number of thiazole rings is 1. The maximum atomic E-state index is 11.9. The summed E-state index contributed by atoms with van der Waals surface area (Å²) < 4.78 is 10.3. The number of carbonyl (C=O) groups is 1. The molecule has 1 aromatic carbocycles. The van der Waals surface area contributed by atoms with Crippen molar-refractivity contribution < 1.29 is 14.3 Å². The SMILES string of the molecule is COCc1nc(CCNC(=O)CCc2ccccc2OC)cs1. The quantitative estimate of drug-likeness (QED) is 0.766. The molecule has 1 N–H and O–H groups in total. The van der Waals surface area contributed by atoms with Gasteiger partial charge in [-0.05, 0) is 18.1 Å². The first-order valence-corrected chi connectivity index (χ1v) is 8.41. The number of aromatic nitrogens is 1. The van der Waals surface area contributed by atoms with Gasteiger partial charge in [-0.1, -0.05) is 18.2 Å². The average molecular weight is 334 g/mol. The number of nitrogens with zero attached hydrogens (tertiary/aromatic N) is 1. The van der Waals surface area contributed by atoms with Gasteiger partial charge in [-0.3, -0.25) is 4.79 Å². The van der Waals surface area contributed by atoms with Crippen LogP contribution in [0.2, 0.25) is 0 Å². The van der Waals surface area contributed by atoms with Crippen molar-refractivity contribution in [3.63, 3.8) is 0 Å². The van der Waals surface area contributed by atoms with Gasteiger partial charge in [0.25, 0.3) is 0 Å². The minimum absolute atomic E-state index is 0.0447. The van der Waals surface area contributed by atoms with Crippen molar-refractivity contribution in [3.8, 4) is 5.75 Å². The highest BCUT2D eigenvalue weighted by molar-refractivity contribution is 7.09. The van der Waals surface area contributed by atoms with E-state index in [2.05, 4.69) is 10.3 Å². The van der Waals surface area contributed by atoms with Crippen molar-refractivity contribution >= 4 is 17.2 Å². The number of hydrogen-bond donors (Lipinski definition) is 1. The van der Waals surface area contributed by atoms with Gasteiger partial charge in [0.2, 0.25) is 5.91 Å².